The summed E-state index contributed by atoms with van der Waals surface area (Å²) in [6.07, 6.45) is 3.74. The van der Waals surface area contributed by atoms with Crippen LogP contribution in [0.25, 0.3) is 12.7 Å². The summed E-state index contributed by atoms with van der Waals surface area (Å²) < 4.78 is 1.81. The van der Waals surface area contributed by atoms with Crippen molar-refractivity contribution in [3.05, 3.63) is 28.9 Å². The predicted octanol–water partition coefficient (Wildman–Crippen LogP) is 0.920. The van der Waals surface area contributed by atoms with E-state index in [2.05, 4.69) is 32.1 Å². The lowest BCUT2D eigenvalue weighted by atomic mass is 10.1. The van der Waals surface area contributed by atoms with Crippen LogP contribution in [0.15, 0.2) is 12.7 Å². The molecular formula is C11H16N2. The molecule has 1 heterocycles. The van der Waals surface area contributed by atoms with Crippen molar-refractivity contribution >= 4 is 12.7 Å². The predicted molar refractivity (Wildman–Crippen MR) is 56.7 cm³/mol. The fraction of sp³-hybridized carbons (Fsp3) is 0.364. The van der Waals surface area contributed by atoms with Crippen molar-refractivity contribution in [3.8, 4) is 0 Å². The lowest BCUT2D eigenvalue weighted by Crippen LogP contribution is -2.27. The minimum atomic E-state index is 0.424. The number of allylic oxidation sites excluding steroid dienone is 1. The average molecular weight is 176 g/mol. The van der Waals surface area contributed by atoms with E-state index in [1.807, 2.05) is 17.8 Å². The fourth-order valence-corrected chi connectivity index (χ4v) is 1.32. The Hall–Kier alpha value is -1.31. The molecule has 1 aromatic heterocycles. The Morgan fingerprint density at radius 1 is 1.46 bits per heavy atom. The number of aryl methyl sites for hydroxylation is 1. The molecule has 2 heteroatoms. The first-order valence-electron chi connectivity index (χ1n) is 4.42. The molecule has 13 heavy (non-hydrogen) atoms. The Labute approximate surface area is 78.9 Å². The summed E-state index contributed by atoms with van der Waals surface area (Å²) >= 11 is 0. The quantitative estimate of drug-likeness (QED) is 0.655. The largest absolute Gasteiger partial charge is 0.268 e. The summed E-state index contributed by atoms with van der Waals surface area (Å²) in [7, 11) is 1.91. The zero-order chi connectivity index (χ0) is 10.0. The first-order valence-corrected chi connectivity index (χ1v) is 4.42. The molecule has 0 saturated carbocycles. The van der Waals surface area contributed by atoms with Crippen molar-refractivity contribution < 1.29 is 0 Å². The molecule has 0 radical (unpaired) electrons. The van der Waals surface area contributed by atoms with Gasteiger partial charge in [0.15, 0.2) is 0 Å². The summed E-state index contributed by atoms with van der Waals surface area (Å²) in [5.41, 5.74) is 1.09. The minimum absolute atomic E-state index is 0.424. The Balaban J connectivity index is 3.54. The highest BCUT2D eigenvalue weighted by Crippen LogP contribution is 2.03. The van der Waals surface area contributed by atoms with Crippen LogP contribution in [0, 0.1) is 0 Å². The summed E-state index contributed by atoms with van der Waals surface area (Å²) in [4.78, 5) is 0. The maximum atomic E-state index is 4.40. The van der Waals surface area contributed by atoms with E-state index in [1.165, 1.54) is 0 Å². The SMILES string of the molecule is C=C/C=c1/c(C(C)C)nn(C)c1=C. The van der Waals surface area contributed by atoms with Gasteiger partial charge in [0.05, 0.1) is 11.0 Å². The van der Waals surface area contributed by atoms with Gasteiger partial charge in [-0.1, -0.05) is 39.2 Å². The van der Waals surface area contributed by atoms with Crippen molar-refractivity contribution in [3.63, 3.8) is 0 Å². The van der Waals surface area contributed by atoms with E-state index in [1.54, 1.807) is 6.08 Å². The van der Waals surface area contributed by atoms with Crippen LogP contribution < -0.4 is 10.6 Å². The normalized spacial score (nSPS) is 12.5. The van der Waals surface area contributed by atoms with Crippen LogP contribution in [-0.4, -0.2) is 9.78 Å². The number of rotatable bonds is 2. The van der Waals surface area contributed by atoms with Crippen molar-refractivity contribution in [1.82, 2.24) is 9.78 Å². The third-order valence-electron chi connectivity index (χ3n) is 2.07. The van der Waals surface area contributed by atoms with Gasteiger partial charge in [0.1, 0.15) is 0 Å². The zero-order valence-corrected chi connectivity index (χ0v) is 8.54. The second-order valence-electron chi connectivity index (χ2n) is 3.43. The second kappa shape index (κ2) is 3.60. The standard InChI is InChI=1S/C11H16N2/c1-6-7-10-9(4)13(5)12-11(10)8(2)3/h6-8H,1,4H2,2-3,5H3/b10-7+. The van der Waals surface area contributed by atoms with Gasteiger partial charge in [-0.05, 0) is 5.92 Å². The monoisotopic (exact) mass is 176 g/mol. The van der Waals surface area contributed by atoms with Crippen molar-refractivity contribution in [2.45, 2.75) is 19.8 Å². The molecule has 0 aromatic carbocycles. The zero-order valence-electron chi connectivity index (χ0n) is 8.54. The van der Waals surface area contributed by atoms with Gasteiger partial charge in [-0.25, -0.2) is 0 Å². The molecule has 0 saturated heterocycles. The molecular weight excluding hydrogens is 160 g/mol. The van der Waals surface area contributed by atoms with Gasteiger partial charge in [0, 0.05) is 12.3 Å². The van der Waals surface area contributed by atoms with E-state index in [-0.39, 0.29) is 0 Å². The second-order valence-corrected chi connectivity index (χ2v) is 3.43. The van der Waals surface area contributed by atoms with E-state index in [9.17, 15) is 0 Å². The number of hydrogen-bond donors (Lipinski definition) is 0. The van der Waals surface area contributed by atoms with Crippen molar-refractivity contribution in [1.29, 1.82) is 0 Å². The molecule has 1 aromatic rings. The third-order valence-corrected chi connectivity index (χ3v) is 2.07. The van der Waals surface area contributed by atoms with Gasteiger partial charge < -0.3 is 0 Å². The Bertz CT molecular complexity index is 410. The molecule has 0 unspecified atom stereocenters. The summed E-state index contributed by atoms with van der Waals surface area (Å²) in [6, 6.07) is 0. The molecule has 0 N–H and O–H groups in total. The summed E-state index contributed by atoms with van der Waals surface area (Å²) in [5, 5.41) is 6.46. The first-order chi connectivity index (χ1) is 6.07. The molecule has 0 amide bonds. The maximum absolute atomic E-state index is 4.40. The molecule has 0 aliphatic carbocycles. The molecule has 1 rings (SSSR count). The van der Waals surface area contributed by atoms with Crippen LogP contribution in [-0.2, 0) is 7.05 Å². The molecule has 0 atom stereocenters. The summed E-state index contributed by atoms with van der Waals surface area (Å²) in [6.45, 7) is 11.9. The minimum Gasteiger partial charge on any atom is -0.268 e. The maximum Gasteiger partial charge on any atom is 0.0728 e. The van der Waals surface area contributed by atoms with Crippen molar-refractivity contribution in [2.24, 2.45) is 7.05 Å². The van der Waals surface area contributed by atoms with Crippen LogP contribution in [0.3, 0.4) is 0 Å². The van der Waals surface area contributed by atoms with Crippen LogP contribution in [0.4, 0.5) is 0 Å². The number of nitrogens with zero attached hydrogens (tertiary/aromatic N) is 2. The highest BCUT2D eigenvalue weighted by molar-refractivity contribution is 5.37. The lowest BCUT2D eigenvalue weighted by molar-refractivity contribution is 0.700. The van der Waals surface area contributed by atoms with Crippen LogP contribution in [0.5, 0.6) is 0 Å². The van der Waals surface area contributed by atoms with Gasteiger partial charge >= 0.3 is 0 Å². The number of hydrogen-bond acceptors (Lipinski definition) is 1. The molecule has 0 fully saturated rings. The third kappa shape index (κ3) is 1.72. The topological polar surface area (TPSA) is 17.8 Å². The van der Waals surface area contributed by atoms with Gasteiger partial charge in [0.2, 0.25) is 0 Å². The van der Waals surface area contributed by atoms with E-state index < -0.39 is 0 Å². The van der Waals surface area contributed by atoms with Gasteiger partial charge in [-0.3, -0.25) is 4.68 Å². The fourth-order valence-electron chi connectivity index (χ4n) is 1.32. The highest BCUT2D eigenvalue weighted by atomic mass is 15.3. The average Bonchev–Trinajstić information content (AvgIpc) is 2.33. The molecule has 0 bridgehead atoms. The van der Waals surface area contributed by atoms with E-state index in [0.717, 1.165) is 16.3 Å². The number of aromatic nitrogens is 2. The van der Waals surface area contributed by atoms with Gasteiger partial charge in [-0.2, -0.15) is 5.10 Å². The summed E-state index contributed by atoms with van der Waals surface area (Å²) in [5.74, 6) is 0.424. The van der Waals surface area contributed by atoms with Crippen LogP contribution in [0.2, 0.25) is 0 Å². The molecule has 0 spiro atoms. The van der Waals surface area contributed by atoms with Gasteiger partial charge in [0.25, 0.3) is 0 Å². The van der Waals surface area contributed by atoms with Crippen LogP contribution >= 0.6 is 0 Å². The highest BCUT2D eigenvalue weighted by Gasteiger charge is 2.06. The van der Waals surface area contributed by atoms with E-state index in [0.29, 0.717) is 5.92 Å². The van der Waals surface area contributed by atoms with Gasteiger partial charge in [-0.15, -0.1) is 0 Å². The Morgan fingerprint density at radius 3 is 2.54 bits per heavy atom. The molecule has 0 aliphatic heterocycles. The molecule has 0 aliphatic rings. The van der Waals surface area contributed by atoms with E-state index >= 15 is 0 Å². The Morgan fingerprint density at radius 2 is 2.08 bits per heavy atom. The van der Waals surface area contributed by atoms with Crippen LogP contribution in [0.1, 0.15) is 25.5 Å². The lowest BCUT2D eigenvalue weighted by Gasteiger charge is -1.97. The molecule has 2 nitrogen and oxygen atoms in total. The molecule has 70 valence electrons. The first kappa shape index (κ1) is 9.78. The van der Waals surface area contributed by atoms with Crippen molar-refractivity contribution in [2.75, 3.05) is 0 Å². The van der Waals surface area contributed by atoms with E-state index in [4.69, 9.17) is 0 Å². The smallest absolute Gasteiger partial charge is 0.0728 e. The Kier molecular flexibility index (Phi) is 2.71.